The second-order valence-corrected chi connectivity index (χ2v) is 3.21. The molecule has 13 heavy (non-hydrogen) atoms. The Labute approximate surface area is 76.2 Å². The van der Waals surface area contributed by atoms with Crippen LogP contribution in [-0.2, 0) is 4.79 Å². The van der Waals surface area contributed by atoms with Gasteiger partial charge >= 0.3 is 6.03 Å². The number of primary amides is 1. The summed E-state index contributed by atoms with van der Waals surface area (Å²) in [7, 11) is 0. The number of nitrogens with zero attached hydrogens (tertiary/aromatic N) is 1. The van der Waals surface area contributed by atoms with E-state index in [1.807, 2.05) is 10.2 Å². The SMILES string of the molecule is NCC1CN(CC(=O)NC(N)=O)C1. The molecule has 0 aromatic heterocycles. The third-order valence-electron chi connectivity index (χ3n) is 2.00. The first-order chi connectivity index (χ1) is 6.11. The molecule has 1 aliphatic rings. The summed E-state index contributed by atoms with van der Waals surface area (Å²) in [6, 6.07) is -0.805. The summed E-state index contributed by atoms with van der Waals surface area (Å²) in [6.45, 7) is 2.51. The van der Waals surface area contributed by atoms with E-state index in [0.29, 0.717) is 12.5 Å². The smallest absolute Gasteiger partial charge is 0.318 e. The minimum absolute atomic E-state index is 0.222. The molecule has 1 aliphatic heterocycles. The van der Waals surface area contributed by atoms with Crippen molar-refractivity contribution in [3.63, 3.8) is 0 Å². The maximum absolute atomic E-state index is 11.0. The average molecular weight is 186 g/mol. The molecule has 0 aromatic carbocycles. The van der Waals surface area contributed by atoms with Crippen molar-refractivity contribution in [3.05, 3.63) is 0 Å². The zero-order valence-corrected chi connectivity index (χ0v) is 7.32. The monoisotopic (exact) mass is 186 g/mol. The van der Waals surface area contributed by atoms with Crippen molar-refractivity contribution in [2.75, 3.05) is 26.2 Å². The third-order valence-corrected chi connectivity index (χ3v) is 2.00. The number of hydrogen-bond donors (Lipinski definition) is 3. The number of nitrogens with two attached hydrogens (primary N) is 2. The fraction of sp³-hybridized carbons (Fsp3) is 0.714. The second-order valence-electron chi connectivity index (χ2n) is 3.21. The predicted octanol–water partition coefficient (Wildman–Crippen LogP) is -1.93. The van der Waals surface area contributed by atoms with Crippen molar-refractivity contribution >= 4 is 11.9 Å². The molecule has 0 saturated carbocycles. The van der Waals surface area contributed by atoms with E-state index in [1.165, 1.54) is 0 Å². The topological polar surface area (TPSA) is 101 Å². The number of imide groups is 1. The lowest BCUT2D eigenvalue weighted by atomic mass is 10.0. The molecule has 0 atom stereocenters. The highest BCUT2D eigenvalue weighted by atomic mass is 16.2. The molecule has 1 rings (SSSR count). The molecule has 0 aliphatic carbocycles. The molecule has 6 nitrogen and oxygen atoms in total. The highest BCUT2D eigenvalue weighted by Gasteiger charge is 2.26. The van der Waals surface area contributed by atoms with Gasteiger partial charge in [0.05, 0.1) is 6.54 Å². The van der Waals surface area contributed by atoms with Gasteiger partial charge in [0.15, 0.2) is 0 Å². The maximum Gasteiger partial charge on any atom is 0.318 e. The maximum atomic E-state index is 11.0. The van der Waals surface area contributed by atoms with Crippen LogP contribution in [0.3, 0.4) is 0 Å². The van der Waals surface area contributed by atoms with Crippen molar-refractivity contribution < 1.29 is 9.59 Å². The van der Waals surface area contributed by atoms with Crippen molar-refractivity contribution in [2.45, 2.75) is 0 Å². The van der Waals surface area contributed by atoms with Crippen LogP contribution in [0.15, 0.2) is 0 Å². The quantitative estimate of drug-likeness (QED) is 0.477. The molecule has 0 spiro atoms. The lowest BCUT2D eigenvalue weighted by Gasteiger charge is -2.37. The van der Waals surface area contributed by atoms with Gasteiger partial charge in [-0.15, -0.1) is 0 Å². The number of hydrogen-bond acceptors (Lipinski definition) is 4. The Kier molecular flexibility index (Phi) is 3.21. The molecule has 3 amide bonds. The molecule has 0 bridgehead atoms. The summed E-state index contributed by atoms with van der Waals surface area (Å²) in [5, 5.41) is 2.00. The minimum Gasteiger partial charge on any atom is -0.351 e. The number of amides is 3. The summed E-state index contributed by atoms with van der Waals surface area (Å²) in [4.78, 5) is 23.1. The van der Waals surface area contributed by atoms with Gasteiger partial charge in [0.1, 0.15) is 0 Å². The Hall–Kier alpha value is -1.14. The molecular weight excluding hydrogens is 172 g/mol. The molecular formula is C7H14N4O2. The molecule has 0 aromatic rings. The molecule has 1 saturated heterocycles. The highest BCUT2D eigenvalue weighted by molar-refractivity contribution is 5.94. The van der Waals surface area contributed by atoms with E-state index in [1.54, 1.807) is 0 Å². The molecule has 0 unspecified atom stereocenters. The van der Waals surface area contributed by atoms with Crippen LogP contribution in [0.4, 0.5) is 4.79 Å². The zero-order chi connectivity index (χ0) is 9.84. The van der Waals surface area contributed by atoms with E-state index in [2.05, 4.69) is 0 Å². The number of rotatable bonds is 3. The molecule has 74 valence electrons. The van der Waals surface area contributed by atoms with Crippen LogP contribution in [0.2, 0.25) is 0 Å². The summed E-state index contributed by atoms with van der Waals surface area (Å²) in [5.74, 6) is 0.129. The Bertz CT molecular complexity index is 213. The lowest BCUT2D eigenvalue weighted by Crippen LogP contribution is -2.53. The van der Waals surface area contributed by atoms with E-state index in [0.717, 1.165) is 13.1 Å². The molecule has 6 heteroatoms. The standard InChI is InChI=1S/C7H14N4O2/c8-1-5-2-11(3-5)4-6(12)10-7(9)13/h5H,1-4,8H2,(H3,9,10,12,13). The van der Waals surface area contributed by atoms with Crippen molar-refractivity contribution in [3.8, 4) is 0 Å². The van der Waals surface area contributed by atoms with Crippen LogP contribution in [0.5, 0.6) is 0 Å². The number of nitrogens with one attached hydrogen (secondary N) is 1. The zero-order valence-electron chi connectivity index (χ0n) is 7.32. The first-order valence-corrected chi connectivity index (χ1v) is 4.13. The van der Waals surface area contributed by atoms with Gasteiger partial charge in [0.2, 0.25) is 5.91 Å². The van der Waals surface area contributed by atoms with Crippen LogP contribution in [-0.4, -0.2) is 43.0 Å². The number of carbonyl (C=O) groups is 2. The van der Waals surface area contributed by atoms with E-state index in [9.17, 15) is 9.59 Å². The average Bonchev–Trinajstić information content (AvgIpc) is 1.94. The predicted molar refractivity (Wildman–Crippen MR) is 46.7 cm³/mol. The number of carbonyl (C=O) groups excluding carboxylic acids is 2. The van der Waals surface area contributed by atoms with Crippen molar-refractivity contribution in [1.29, 1.82) is 0 Å². The van der Waals surface area contributed by atoms with Gasteiger partial charge < -0.3 is 11.5 Å². The Morgan fingerprint density at radius 3 is 2.54 bits per heavy atom. The summed E-state index contributed by atoms with van der Waals surface area (Å²) in [6.07, 6.45) is 0. The Morgan fingerprint density at radius 2 is 2.08 bits per heavy atom. The van der Waals surface area contributed by atoms with Crippen molar-refractivity contribution in [1.82, 2.24) is 10.2 Å². The molecule has 0 radical (unpaired) electrons. The van der Waals surface area contributed by atoms with Gasteiger partial charge in [-0.3, -0.25) is 15.0 Å². The van der Waals surface area contributed by atoms with E-state index in [-0.39, 0.29) is 12.5 Å². The van der Waals surface area contributed by atoms with E-state index < -0.39 is 6.03 Å². The first kappa shape index (κ1) is 9.94. The summed E-state index contributed by atoms with van der Waals surface area (Å²) in [5.41, 5.74) is 10.2. The minimum atomic E-state index is -0.805. The van der Waals surface area contributed by atoms with Crippen LogP contribution in [0.25, 0.3) is 0 Å². The molecule has 1 fully saturated rings. The summed E-state index contributed by atoms with van der Waals surface area (Å²) < 4.78 is 0. The third kappa shape index (κ3) is 3.00. The van der Waals surface area contributed by atoms with E-state index in [4.69, 9.17) is 11.5 Å². The largest absolute Gasteiger partial charge is 0.351 e. The van der Waals surface area contributed by atoms with Gasteiger partial charge in [0.25, 0.3) is 0 Å². The fourth-order valence-corrected chi connectivity index (χ4v) is 1.34. The van der Waals surface area contributed by atoms with Gasteiger partial charge in [-0.05, 0) is 12.5 Å². The van der Waals surface area contributed by atoms with Gasteiger partial charge in [0, 0.05) is 13.1 Å². The number of likely N-dealkylation sites (tertiary alicyclic amines) is 1. The van der Waals surface area contributed by atoms with E-state index >= 15 is 0 Å². The fourth-order valence-electron chi connectivity index (χ4n) is 1.34. The first-order valence-electron chi connectivity index (χ1n) is 4.13. The van der Waals surface area contributed by atoms with Gasteiger partial charge in [-0.2, -0.15) is 0 Å². The number of urea groups is 1. The lowest BCUT2D eigenvalue weighted by molar-refractivity contribution is -0.122. The van der Waals surface area contributed by atoms with Crippen molar-refractivity contribution in [2.24, 2.45) is 17.4 Å². The van der Waals surface area contributed by atoms with Crippen LogP contribution in [0.1, 0.15) is 0 Å². The van der Waals surface area contributed by atoms with Crippen LogP contribution < -0.4 is 16.8 Å². The summed E-state index contributed by atoms with van der Waals surface area (Å²) >= 11 is 0. The van der Waals surface area contributed by atoms with Crippen LogP contribution >= 0.6 is 0 Å². The normalized spacial score (nSPS) is 17.9. The van der Waals surface area contributed by atoms with Crippen LogP contribution in [0, 0.1) is 5.92 Å². The van der Waals surface area contributed by atoms with Gasteiger partial charge in [-0.25, -0.2) is 4.79 Å². The van der Waals surface area contributed by atoms with Gasteiger partial charge in [-0.1, -0.05) is 0 Å². The molecule has 5 N–H and O–H groups in total. The highest BCUT2D eigenvalue weighted by Crippen LogP contribution is 2.12. The second kappa shape index (κ2) is 4.20. The Morgan fingerprint density at radius 1 is 1.46 bits per heavy atom. The molecule has 1 heterocycles. The Balaban J connectivity index is 2.13.